The molecule has 0 spiro atoms. The highest BCUT2D eigenvalue weighted by Gasteiger charge is 2.00. The molecule has 0 fully saturated rings. The lowest BCUT2D eigenvalue weighted by atomic mass is 10.0. The molecule has 0 aromatic heterocycles. The van der Waals surface area contributed by atoms with Gasteiger partial charge in [0, 0.05) is 5.69 Å². The van der Waals surface area contributed by atoms with Crippen molar-refractivity contribution < 1.29 is 0 Å². The minimum absolute atomic E-state index is 1.17. The maximum atomic E-state index is 2.64. The van der Waals surface area contributed by atoms with Crippen LogP contribution in [0.5, 0.6) is 0 Å². The van der Waals surface area contributed by atoms with Gasteiger partial charge in [0.25, 0.3) is 0 Å². The summed E-state index contributed by atoms with van der Waals surface area (Å²) in [6.07, 6.45) is 3.71. The third-order valence-electron chi connectivity index (χ3n) is 3.27. The zero-order chi connectivity index (χ0) is 13.7. The number of hydrogen-bond donors (Lipinski definition) is 0. The lowest BCUT2D eigenvalue weighted by Gasteiger charge is -2.12. The molecule has 0 aliphatic rings. The maximum Gasteiger partial charge on any atom is 0.0423 e. The van der Waals surface area contributed by atoms with Crippen LogP contribution in [-0.4, -0.2) is 0 Å². The zero-order valence-corrected chi connectivity index (χ0v) is 13.7. The Hall–Kier alpha value is -0.900. The van der Waals surface area contributed by atoms with Gasteiger partial charge in [0.05, 0.1) is 0 Å². The van der Waals surface area contributed by atoms with Crippen LogP contribution in [0.15, 0.2) is 48.5 Å². The van der Waals surface area contributed by atoms with Crippen LogP contribution in [0.3, 0.4) is 0 Å². The molecule has 0 aliphatic carbocycles. The Balaban J connectivity index is 2.13. The van der Waals surface area contributed by atoms with Gasteiger partial charge < -0.3 is 4.44 Å². The van der Waals surface area contributed by atoms with Crippen molar-refractivity contribution in [1.82, 2.24) is 0 Å². The largest absolute Gasteiger partial charge is 0.341 e. The van der Waals surface area contributed by atoms with Gasteiger partial charge in [0.2, 0.25) is 0 Å². The summed E-state index contributed by atoms with van der Waals surface area (Å²) in [7, 11) is 5.27. The van der Waals surface area contributed by atoms with E-state index in [1.165, 1.54) is 41.6 Å². The first-order valence-corrected chi connectivity index (χ1v) is 7.73. The van der Waals surface area contributed by atoms with E-state index in [-0.39, 0.29) is 0 Å². The molecule has 0 N–H and O–H groups in total. The summed E-state index contributed by atoms with van der Waals surface area (Å²) in [6, 6.07) is 17.5. The van der Waals surface area contributed by atoms with Crippen molar-refractivity contribution >= 4 is 24.5 Å². The molecule has 0 amide bonds. The number of benzene rings is 2. The molecule has 0 saturated carbocycles. The van der Waals surface area contributed by atoms with Gasteiger partial charge >= 0.3 is 0 Å². The van der Waals surface area contributed by atoms with Gasteiger partial charge in [-0.05, 0) is 60.4 Å². The van der Waals surface area contributed by atoms with Crippen molar-refractivity contribution in [3.8, 4) is 11.1 Å². The minimum atomic E-state index is 1.17. The van der Waals surface area contributed by atoms with Crippen molar-refractivity contribution in [3.63, 3.8) is 0 Å². The van der Waals surface area contributed by atoms with E-state index in [2.05, 4.69) is 74.2 Å². The zero-order valence-electron chi connectivity index (χ0n) is 11.3. The lowest BCUT2D eigenvalue weighted by molar-refractivity contribution is 0.795. The van der Waals surface area contributed by atoms with E-state index in [0.29, 0.717) is 0 Å². The number of nitrogens with zero attached hydrogens (tertiary/aromatic N) is 1. The van der Waals surface area contributed by atoms with Gasteiger partial charge in [-0.15, -0.1) is 0 Å². The van der Waals surface area contributed by atoms with Gasteiger partial charge in [-0.25, -0.2) is 0 Å². The second-order valence-electron chi connectivity index (χ2n) is 4.75. The second-order valence-corrected chi connectivity index (χ2v) is 6.46. The summed E-state index contributed by atoms with van der Waals surface area (Å²) in [6.45, 7) is 2.23. The van der Waals surface area contributed by atoms with Crippen LogP contribution in [0.4, 0.5) is 5.69 Å². The molecule has 2 unspecified atom stereocenters. The highest BCUT2D eigenvalue weighted by molar-refractivity contribution is 7.39. The number of unbranched alkanes of at least 4 members (excludes halogenated alkanes) is 1. The van der Waals surface area contributed by atoms with Crippen LogP contribution >= 0.6 is 18.8 Å². The molecular formula is C16H21NP2. The lowest BCUT2D eigenvalue weighted by Crippen LogP contribution is -1.89. The smallest absolute Gasteiger partial charge is 0.0423 e. The van der Waals surface area contributed by atoms with E-state index in [1.807, 2.05) is 4.44 Å². The molecule has 2 rings (SSSR count). The fourth-order valence-corrected chi connectivity index (χ4v) is 2.42. The van der Waals surface area contributed by atoms with Gasteiger partial charge in [0.15, 0.2) is 0 Å². The maximum absolute atomic E-state index is 2.64. The van der Waals surface area contributed by atoms with Crippen molar-refractivity contribution in [3.05, 3.63) is 54.1 Å². The molecule has 19 heavy (non-hydrogen) atoms. The average molecular weight is 289 g/mol. The Morgan fingerprint density at radius 3 is 1.84 bits per heavy atom. The number of anilines is 1. The Morgan fingerprint density at radius 1 is 0.842 bits per heavy atom. The van der Waals surface area contributed by atoms with E-state index in [9.17, 15) is 0 Å². The summed E-state index contributed by atoms with van der Waals surface area (Å²) in [4.78, 5) is 0. The number of aryl methyl sites for hydroxylation is 1. The Kier molecular flexibility index (Phi) is 5.37. The van der Waals surface area contributed by atoms with E-state index < -0.39 is 0 Å². The Morgan fingerprint density at radius 2 is 1.37 bits per heavy atom. The summed E-state index contributed by atoms with van der Waals surface area (Å²) in [5, 5.41) is 0. The molecule has 0 heterocycles. The summed E-state index contributed by atoms with van der Waals surface area (Å²) < 4.78 is 1.96. The van der Waals surface area contributed by atoms with Gasteiger partial charge in [-0.2, -0.15) is 0 Å². The van der Waals surface area contributed by atoms with Crippen LogP contribution in [-0.2, 0) is 6.42 Å². The third kappa shape index (κ3) is 4.03. The fraction of sp³-hybridized carbons (Fsp3) is 0.250. The quantitative estimate of drug-likeness (QED) is 0.693. The monoisotopic (exact) mass is 289 g/mol. The van der Waals surface area contributed by atoms with Crippen LogP contribution in [0, 0.1) is 0 Å². The molecule has 0 saturated heterocycles. The Labute approximate surface area is 120 Å². The Bertz CT molecular complexity index is 503. The van der Waals surface area contributed by atoms with Gasteiger partial charge in [-0.3, -0.25) is 0 Å². The summed E-state index contributed by atoms with van der Waals surface area (Å²) in [5.41, 5.74) is 5.15. The normalized spacial score (nSPS) is 10.5. The van der Waals surface area contributed by atoms with Gasteiger partial charge in [-0.1, -0.05) is 49.7 Å². The van der Waals surface area contributed by atoms with Crippen LogP contribution in [0.2, 0.25) is 0 Å². The number of hydrogen-bond acceptors (Lipinski definition) is 1. The molecule has 0 radical (unpaired) electrons. The topological polar surface area (TPSA) is 3.24 Å². The first-order valence-electron chi connectivity index (χ1n) is 6.69. The standard InChI is InChI=1S/C16H21NP2/c1-2-3-4-13-5-7-14(8-6-13)15-9-11-16(12-10-15)17(18)19/h5-12H,2-4,18-19H2,1H3. The first-order chi connectivity index (χ1) is 9.20. The van der Waals surface area contributed by atoms with Crippen molar-refractivity contribution in [2.24, 2.45) is 0 Å². The van der Waals surface area contributed by atoms with Crippen molar-refractivity contribution in [1.29, 1.82) is 0 Å². The highest BCUT2D eigenvalue weighted by Crippen LogP contribution is 2.27. The molecular weight excluding hydrogens is 268 g/mol. The van der Waals surface area contributed by atoms with Gasteiger partial charge in [0.1, 0.15) is 0 Å². The number of rotatable bonds is 5. The minimum Gasteiger partial charge on any atom is -0.341 e. The first kappa shape index (κ1) is 14.5. The van der Waals surface area contributed by atoms with Crippen LogP contribution in [0.1, 0.15) is 25.3 Å². The average Bonchev–Trinajstić information content (AvgIpc) is 2.46. The molecule has 1 nitrogen and oxygen atoms in total. The molecule has 100 valence electrons. The van der Waals surface area contributed by atoms with Crippen molar-refractivity contribution in [2.45, 2.75) is 26.2 Å². The molecule has 2 atom stereocenters. The molecule has 0 aliphatic heterocycles. The second kappa shape index (κ2) is 7.04. The highest BCUT2D eigenvalue weighted by atomic mass is 31.1. The SMILES string of the molecule is CCCCc1ccc(-c2ccc(N(P)P)cc2)cc1. The summed E-state index contributed by atoms with van der Waals surface area (Å²) >= 11 is 0. The van der Waals surface area contributed by atoms with E-state index in [4.69, 9.17) is 0 Å². The van der Waals surface area contributed by atoms with Crippen molar-refractivity contribution in [2.75, 3.05) is 4.44 Å². The van der Waals surface area contributed by atoms with E-state index in [1.54, 1.807) is 0 Å². The molecule has 2 aromatic carbocycles. The van der Waals surface area contributed by atoms with E-state index >= 15 is 0 Å². The predicted octanol–water partition coefficient (Wildman–Crippen LogP) is 5.08. The van der Waals surface area contributed by atoms with E-state index in [0.717, 1.165) is 0 Å². The molecule has 3 heteroatoms. The molecule has 2 aromatic rings. The predicted molar refractivity (Wildman–Crippen MR) is 92.4 cm³/mol. The summed E-state index contributed by atoms with van der Waals surface area (Å²) in [5.74, 6) is 0. The van der Waals surface area contributed by atoms with Crippen LogP contribution in [0.25, 0.3) is 11.1 Å². The van der Waals surface area contributed by atoms with Crippen LogP contribution < -0.4 is 4.44 Å². The molecule has 0 bridgehead atoms. The third-order valence-corrected chi connectivity index (χ3v) is 3.87. The fourth-order valence-electron chi connectivity index (χ4n) is 2.07.